The Morgan fingerprint density at radius 3 is 2.53 bits per heavy atom. The number of hydrogen-bond donors (Lipinski definition) is 2. The molecule has 3 N–H and O–H groups in total. The number of aliphatic hydroxyl groups is 1. The Hall–Kier alpha value is -3.05. The van der Waals surface area contributed by atoms with Crippen molar-refractivity contribution in [1.82, 2.24) is 18.7 Å². The van der Waals surface area contributed by atoms with E-state index in [1.807, 2.05) is 19.1 Å². The van der Waals surface area contributed by atoms with Crippen LogP contribution in [0.1, 0.15) is 5.56 Å². The number of carbonyl (C=O) groups is 1. The molecule has 11 heteroatoms. The Kier molecular flexibility index (Phi) is 6.32. The molecule has 0 bridgehead atoms. The fraction of sp³-hybridized carbons (Fsp3) is 0.368. The molecule has 0 saturated heterocycles. The molecule has 3 rings (SSSR count). The van der Waals surface area contributed by atoms with E-state index < -0.39 is 23.3 Å². The summed E-state index contributed by atoms with van der Waals surface area (Å²) in [5.74, 6) is -0.00601. The minimum absolute atomic E-state index is 0.0170. The van der Waals surface area contributed by atoms with Crippen LogP contribution < -0.4 is 21.7 Å². The summed E-state index contributed by atoms with van der Waals surface area (Å²) in [6.45, 7) is 1.92. The molecule has 0 aliphatic heterocycles. The molecule has 0 spiro atoms. The second-order valence-electron chi connectivity index (χ2n) is 6.92. The van der Waals surface area contributed by atoms with Gasteiger partial charge in [0, 0.05) is 14.1 Å². The highest BCUT2D eigenvalue weighted by molar-refractivity contribution is 7.99. The number of primary amides is 1. The molecule has 1 amide bonds. The number of nitrogens with zero attached hydrogens (tertiary/aromatic N) is 4. The highest BCUT2D eigenvalue weighted by Crippen LogP contribution is 2.22. The topological polar surface area (TPSA) is 134 Å². The minimum Gasteiger partial charge on any atom is -0.491 e. The standard InChI is InChI=1S/C19H23N5O5S/c1-11-4-6-13(7-5-11)29-9-12(25)8-24-15-16(21-18(24)30-10-14(20)26)22(2)19(28)23(3)17(15)27/h4-7,12,25H,8-10H2,1-3H3,(H2,20,26)/t12-/m0/s1. The smallest absolute Gasteiger partial charge is 0.332 e. The van der Waals surface area contributed by atoms with Gasteiger partial charge in [0.25, 0.3) is 5.56 Å². The monoisotopic (exact) mass is 433 g/mol. The predicted molar refractivity (Wildman–Crippen MR) is 113 cm³/mol. The largest absolute Gasteiger partial charge is 0.491 e. The second kappa shape index (κ2) is 8.76. The third kappa shape index (κ3) is 4.41. The van der Waals surface area contributed by atoms with Gasteiger partial charge in [0.15, 0.2) is 16.3 Å². The Balaban J connectivity index is 1.94. The van der Waals surface area contributed by atoms with Crippen molar-refractivity contribution in [2.75, 3.05) is 12.4 Å². The van der Waals surface area contributed by atoms with Crippen LogP contribution in [0.2, 0.25) is 0 Å². The molecule has 160 valence electrons. The van der Waals surface area contributed by atoms with E-state index >= 15 is 0 Å². The molecule has 1 aromatic carbocycles. The van der Waals surface area contributed by atoms with Crippen LogP contribution in [0.15, 0.2) is 39.0 Å². The highest BCUT2D eigenvalue weighted by Gasteiger charge is 2.22. The van der Waals surface area contributed by atoms with E-state index in [0.717, 1.165) is 21.9 Å². The quantitative estimate of drug-likeness (QED) is 0.468. The van der Waals surface area contributed by atoms with Crippen molar-refractivity contribution >= 4 is 28.8 Å². The molecule has 0 aliphatic rings. The summed E-state index contributed by atoms with van der Waals surface area (Å²) in [6.07, 6.45) is -0.974. The number of benzene rings is 1. The molecular weight excluding hydrogens is 410 g/mol. The van der Waals surface area contributed by atoms with Gasteiger partial charge < -0.3 is 20.1 Å². The lowest BCUT2D eigenvalue weighted by atomic mass is 10.2. The van der Waals surface area contributed by atoms with Crippen molar-refractivity contribution in [2.24, 2.45) is 19.8 Å². The number of hydrogen-bond acceptors (Lipinski definition) is 7. The first-order valence-corrected chi connectivity index (χ1v) is 10.1. The Morgan fingerprint density at radius 1 is 1.23 bits per heavy atom. The van der Waals surface area contributed by atoms with Gasteiger partial charge in [0.05, 0.1) is 12.3 Å². The second-order valence-corrected chi connectivity index (χ2v) is 7.86. The molecule has 30 heavy (non-hydrogen) atoms. The van der Waals surface area contributed by atoms with E-state index in [0.29, 0.717) is 10.9 Å². The van der Waals surface area contributed by atoms with Gasteiger partial charge in [0.1, 0.15) is 18.5 Å². The molecule has 0 saturated carbocycles. The van der Waals surface area contributed by atoms with E-state index in [2.05, 4.69) is 4.98 Å². The Bertz CT molecular complexity index is 1200. The van der Waals surface area contributed by atoms with Gasteiger partial charge in [-0.15, -0.1) is 0 Å². The van der Waals surface area contributed by atoms with E-state index in [1.54, 1.807) is 12.1 Å². The van der Waals surface area contributed by atoms with Crippen LogP contribution in [0.5, 0.6) is 5.75 Å². The number of imidazole rings is 1. The van der Waals surface area contributed by atoms with Crippen LogP contribution in [-0.4, -0.2) is 48.2 Å². The van der Waals surface area contributed by atoms with Crippen LogP contribution in [0.3, 0.4) is 0 Å². The summed E-state index contributed by atoms with van der Waals surface area (Å²) in [4.78, 5) is 40.5. The zero-order valence-corrected chi connectivity index (χ0v) is 17.7. The molecule has 0 aliphatic carbocycles. The molecule has 3 aromatic rings. The first-order chi connectivity index (χ1) is 14.2. The summed E-state index contributed by atoms with van der Waals surface area (Å²) in [5, 5.41) is 10.8. The SMILES string of the molecule is Cc1ccc(OC[C@@H](O)Cn2c(SCC(N)=O)nc3c2c(=O)n(C)c(=O)n3C)cc1. The molecular formula is C19H23N5O5S. The third-order valence-corrected chi connectivity index (χ3v) is 5.51. The van der Waals surface area contributed by atoms with Crippen molar-refractivity contribution in [3.8, 4) is 5.75 Å². The van der Waals surface area contributed by atoms with Gasteiger partial charge in [0.2, 0.25) is 5.91 Å². The summed E-state index contributed by atoms with van der Waals surface area (Å²) in [6, 6.07) is 7.39. The number of rotatable bonds is 8. The number of nitrogens with two attached hydrogens (primary N) is 1. The molecule has 0 fully saturated rings. The molecule has 0 unspecified atom stereocenters. The van der Waals surface area contributed by atoms with Gasteiger partial charge in [-0.25, -0.2) is 9.78 Å². The Morgan fingerprint density at radius 2 is 1.90 bits per heavy atom. The van der Waals surface area contributed by atoms with Crippen molar-refractivity contribution in [2.45, 2.75) is 24.7 Å². The minimum atomic E-state index is -0.974. The lowest BCUT2D eigenvalue weighted by Gasteiger charge is -2.15. The van der Waals surface area contributed by atoms with Gasteiger partial charge in [-0.1, -0.05) is 29.5 Å². The number of fused-ring (bicyclic) bond motifs is 1. The molecule has 10 nitrogen and oxygen atoms in total. The average molecular weight is 433 g/mol. The average Bonchev–Trinajstić information content (AvgIpc) is 3.07. The fourth-order valence-corrected chi connectivity index (χ4v) is 3.68. The number of thioether (sulfide) groups is 1. The normalized spacial score (nSPS) is 12.3. The van der Waals surface area contributed by atoms with Crippen molar-refractivity contribution < 1.29 is 14.6 Å². The summed E-state index contributed by atoms with van der Waals surface area (Å²) in [5.41, 5.74) is 5.57. The maximum atomic E-state index is 12.7. The van der Waals surface area contributed by atoms with Crippen molar-refractivity contribution in [3.63, 3.8) is 0 Å². The van der Waals surface area contributed by atoms with Gasteiger partial charge >= 0.3 is 5.69 Å². The van der Waals surface area contributed by atoms with E-state index in [-0.39, 0.29) is 30.1 Å². The summed E-state index contributed by atoms with van der Waals surface area (Å²) in [7, 11) is 2.87. The van der Waals surface area contributed by atoms with Crippen molar-refractivity contribution in [1.29, 1.82) is 0 Å². The number of aromatic nitrogens is 4. The fourth-order valence-electron chi connectivity index (χ4n) is 2.93. The van der Waals surface area contributed by atoms with Crippen LogP contribution >= 0.6 is 11.8 Å². The van der Waals surface area contributed by atoms with Crippen LogP contribution in [-0.2, 0) is 25.4 Å². The lowest BCUT2D eigenvalue weighted by Crippen LogP contribution is -2.38. The summed E-state index contributed by atoms with van der Waals surface area (Å²) >= 11 is 1.03. The zero-order chi connectivity index (χ0) is 22.0. The van der Waals surface area contributed by atoms with E-state index in [1.165, 1.54) is 23.2 Å². The molecule has 2 heterocycles. The van der Waals surface area contributed by atoms with Crippen LogP contribution in [0.4, 0.5) is 0 Å². The number of carbonyl (C=O) groups excluding carboxylic acids is 1. The molecule has 2 aromatic heterocycles. The zero-order valence-electron chi connectivity index (χ0n) is 16.9. The highest BCUT2D eigenvalue weighted by atomic mass is 32.2. The molecule has 0 radical (unpaired) electrons. The van der Waals surface area contributed by atoms with E-state index in [9.17, 15) is 19.5 Å². The number of aryl methyl sites for hydroxylation is 2. The first kappa shape index (κ1) is 21.7. The Labute approximate surface area is 175 Å². The summed E-state index contributed by atoms with van der Waals surface area (Å²) < 4.78 is 9.33. The lowest BCUT2D eigenvalue weighted by molar-refractivity contribution is -0.115. The number of amides is 1. The third-order valence-electron chi connectivity index (χ3n) is 4.51. The first-order valence-electron chi connectivity index (χ1n) is 9.14. The number of aliphatic hydroxyl groups excluding tert-OH is 1. The van der Waals surface area contributed by atoms with Gasteiger partial charge in [-0.3, -0.25) is 18.7 Å². The molecule has 1 atom stereocenters. The van der Waals surface area contributed by atoms with Gasteiger partial charge in [-0.2, -0.15) is 0 Å². The van der Waals surface area contributed by atoms with Crippen LogP contribution in [0, 0.1) is 6.92 Å². The van der Waals surface area contributed by atoms with Crippen LogP contribution in [0.25, 0.3) is 11.2 Å². The van der Waals surface area contributed by atoms with Crippen molar-refractivity contribution in [3.05, 3.63) is 50.7 Å². The van der Waals surface area contributed by atoms with E-state index in [4.69, 9.17) is 10.5 Å². The maximum absolute atomic E-state index is 12.7. The number of ether oxygens (including phenoxy) is 1. The maximum Gasteiger partial charge on any atom is 0.332 e. The predicted octanol–water partition coefficient (Wildman–Crippen LogP) is -0.241. The van der Waals surface area contributed by atoms with Gasteiger partial charge in [-0.05, 0) is 19.1 Å².